The summed E-state index contributed by atoms with van der Waals surface area (Å²) >= 11 is 10.5. The zero-order valence-electron chi connectivity index (χ0n) is 32.6. The van der Waals surface area contributed by atoms with Gasteiger partial charge in [-0.25, -0.2) is 0 Å². The summed E-state index contributed by atoms with van der Waals surface area (Å²) in [6, 6.07) is 0. The Balaban J connectivity index is 2.86. The highest BCUT2D eigenvalue weighted by atomic mass is 127. The first-order chi connectivity index (χ1) is 29.7. The molecule has 0 heterocycles. The van der Waals surface area contributed by atoms with Crippen molar-refractivity contribution in [3.63, 3.8) is 0 Å². The molecule has 0 radical (unpaired) electrons. The number of aliphatic hydroxyl groups excluding tert-OH is 10. The second-order valence-corrected chi connectivity index (χ2v) is 19.5. The molecular formula is C35H44I6N6O16. The van der Waals surface area contributed by atoms with Crippen molar-refractivity contribution < 1.29 is 79.8 Å². The summed E-state index contributed by atoms with van der Waals surface area (Å²) in [5.74, 6) is -5.16. The Morgan fingerprint density at radius 3 is 0.825 bits per heavy atom. The fraction of sp³-hybridized carbons (Fsp3) is 0.486. The Hall–Kier alpha value is -0.760. The van der Waals surface area contributed by atoms with Gasteiger partial charge in [-0.1, -0.05) is 0 Å². The molecule has 2 aromatic rings. The number of hydrogen-bond acceptors (Lipinski definition) is 16. The van der Waals surface area contributed by atoms with Crippen LogP contribution in [0.1, 0.15) is 47.9 Å². The molecule has 0 bridgehead atoms. The zero-order valence-corrected chi connectivity index (χ0v) is 45.5. The fourth-order valence-corrected chi connectivity index (χ4v) is 14.8. The van der Waals surface area contributed by atoms with E-state index in [1.165, 1.54) is 0 Å². The number of hydrogen-bond donors (Lipinski definition) is 14. The molecule has 22 nitrogen and oxygen atoms in total. The molecule has 4 unspecified atom stereocenters. The van der Waals surface area contributed by atoms with Crippen molar-refractivity contribution in [2.24, 2.45) is 0 Å². The Morgan fingerprint density at radius 1 is 0.413 bits per heavy atom. The van der Waals surface area contributed by atoms with Crippen molar-refractivity contribution in [1.82, 2.24) is 21.3 Å². The predicted molar refractivity (Wildman–Crippen MR) is 274 cm³/mol. The first-order valence-electron chi connectivity index (χ1n) is 18.2. The maximum absolute atomic E-state index is 13.7. The number of nitrogens with zero attached hydrogens (tertiary/aromatic N) is 2. The number of halogens is 6. The molecule has 4 atom stereocenters. The molecular weight excluding hydrogens is 1520 g/mol. The highest BCUT2D eigenvalue weighted by Crippen LogP contribution is 2.40. The summed E-state index contributed by atoms with van der Waals surface area (Å²) < 4.78 is 0.542. The van der Waals surface area contributed by atoms with Crippen molar-refractivity contribution in [3.05, 3.63) is 43.7 Å². The van der Waals surface area contributed by atoms with Crippen molar-refractivity contribution in [3.8, 4) is 0 Å². The lowest BCUT2D eigenvalue weighted by Crippen LogP contribution is -2.42. The number of benzene rings is 2. The minimum absolute atomic E-state index is 0.0390. The molecule has 0 aliphatic carbocycles. The van der Waals surface area contributed by atoms with E-state index >= 15 is 0 Å². The lowest BCUT2D eigenvalue weighted by molar-refractivity contribution is -0.121. The first kappa shape index (κ1) is 58.4. The van der Waals surface area contributed by atoms with Gasteiger partial charge in [0.2, 0.25) is 0 Å². The van der Waals surface area contributed by atoms with E-state index in [0.29, 0.717) is 0 Å². The molecule has 0 saturated heterocycles. The summed E-state index contributed by atoms with van der Waals surface area (Å²) in [6.07, 6.45) is -5.56. The fourth-order valence-electron chi connectivity index (χ4n) is 5.31. The Bertz CT molecular complexity index is 1760. The average molecular weight is 1570 g/mol. The van der Waals surface area contributed by atoms with Crippen LogP contribution >= 0.6 is 136 Å². The van der Waals surface area contributed by atoms with Crippen LogP contribution < -0.4 is 31.1 Å². The van der Waals surface area contributed by atoms with E-state index in [-0.39, 0.29) is 74.6 Å². The number of carbonyl (C=O) groups excluding carboxylic acids is 6. The smallest absolute Gasteiger partial charge is 0.253 e. The van der Waals surface area contributed by atoms with Crippen LogP contribution in [0.5, 0.6) is 0 Å². The maximum Gasteiger partial charge on any atom is 0.253 e. The van der Waals surface area contributed by atoms with Gasteiger partial charge in [0.1, 0.15) is 13.2 Å². The normalized spacial score (nSPS) is 13.1. The Morgan fingerprint density at radius 2 is 0.635 bits per heavy atom. The van der Waals surface area contributed by atoms with Gasteiger partial charge >= 0.3 is 0 Å². The van der Waals surface area contributed by atoms with Gasteiger partial charge in [0.25, 0.3) is 35.4 Å². The van der Waals surface area contributed by atoms with Crippen LogP contribution in [-0.2, 0) is 9.59 Å². The van der Waals surface area contributed by atoms with Gasteiger partial charge in [0.15, 0.2) is 0 Å². The van der Waals surface area contributed by atoms with Crippen LogP contribution in [0.25, 0.3) is 0 Å². The summed E-state index contributed by atoms with van der Waals surface area (Å²) in [5, 5.41) is 107. The third kappa shape index (κ3) is 15.6. The maximum atomic E-state index is 13.7. The first-order valence-corrected chi connectivity index (χ1v) is 24.7. The summed E-state index contributed by atoms with van der Waals surface area (Å²) in [5.41, 5.74) is -0.652. The summed E-state index contributed by atoms with van der Waals surface area (Å²) in [7, 11) is 0. The second kappa shape index (κ2) is 28.5. The SMILES string of the molecule is O=C(NCC(O)CO)c1c(I)c(C(=O)NCC(O)CO)c(I)c(N(CCCN(C(=O)CO)c2c(I)c(C(=O)NCC(O)CO)c(I)c(C(=O)NCC(O)CO)c2I)C(=O)CO)c1I. The third-order valence-corrected chi connectivity index (χ3v) is 14.9. The van der Waals surface area contributed by atoms with Crippen LogP contribution in [0, 0.1) is 21.4 Å². The predicted octanol–water partition coefficient (Wildman–Crippen LogP) is -2.61. The van der Waals surface area contributed by atoms with Gasteiger partial charge in [0.05, 0.1) is 98.8 Å². The van der Waals surface area contributed by atoms with E-state index in [9.17, 15) is 79.8 Å². The average Bonchev–Trinajstić information content (AvgIpc) is 3.26. The molecule has 0 aliphatic heterocycles. The van der Waals surface area contributed by atoms with Gasteiger partial charge in [-0.2, -0.15) is 0 Å². The molecule has 6 amide bonds. The van der Waals surface area contributed by atoms with Crippen LogP contribution in [0.3, 0.4) is 0 Å². The quantitative estimate of drug-likeness (QED) is 0.0479. The molecule has 63 heavy (non-hydrogen) atoms. The monoisotopic (exact) mass is 1570 g/mol. The lowest BCUT2D eigenvalue weighted by Gasteiger charge is -2.30. The summed E-state index contributed by atoms with van der Waals surface area (Å²) in [6.45, 7) is -7.20. The number of rotatable bonds is 24. The molecule has 0 aromatic heterocycles. The Kier molecular flexibility index (Phi) is 26.4. The van der Waals surface area contributed by atoms with Crippen LogP contribution in [-0.4, -0.2) is 190 Å². The molecule has 28 heteroatoms. The van der Waals surface area contributed by atoms with E-state index in [4.69, 9.17) is 0 Å². The van der Waals surface area contributed by atoms with Crippen LogP contribution in [0.4, 0.5) is 11.4 Å². The second-order valence-electron chi connectivity index (χ2n) is 13.0. The molecule has 2 aromatic carbocycles. The lowest BCUT2D eigenvalue weighted by atomic mass is 10.1. The molecule has 352 valence electrons. The number of anilines is 2. The van der Waals surface area contributed by atoms with E-state index in [1.807, 2.05) is 0 Å². The van der Waals surface area contributed by atoms with Crippen molar-refractivity contribution in [1.29, 1.82) is 0 Å². The van der Waals surface area contributed by atoms with Crippen molar-refractivity contribution >= 4 is 182 Å². The van der Waals surface area contributed by atoms with Crippen LogP contribution in [0.15, 0.2) is 0 Å². The minimum atomic E-state index is -1.35. The van der Waals surface area contributed by atoms with Crippen molar-refractivity contribution in [2.45, 2.75) is 30.8 Å². The van der Waals surface area contributed by atoms with Gasteiger partial charge in [-0.05, 0) is 142 Å². The van der Waals surface area contributed by atoms with Crippen molar-refractivity contribution in [2.75, 3.05) is 88.7 Å². The van der Waals surface area contributed by atoms with Gasteiger partial charge in [-0.15, -0.1) is 0 Å². The molecule has 0 saturated carbocycles. The van der Waals surface area contributed by atoms with Crippen LogP contribution in [0.2, 0.25) is 0 Å². The topological polar surface area (TPSA) is 359 Å². The third-order valence-electron chi connectivity index (χ3n) is 8.51. The largest absolute Gasteiger partial charge is 0.394 e. The van der Waals surface area contributed by atoms with Gasteiger partial charge in [0, 0.05) is 46.4 Å². The van der Waals surface area contributed by atoms with E-state index in [2.05, 4.69) is 21.3 Å². The van der Waals surface area contributed by atoms with E-state index in [0.717, 1.165) is 9.80 Å². The van der Waals surface area contributed by atoms with Gasteiger partial charge < -0.3 is 82.1 Å². The number of amides is 6. The zero-order chi connectivity index (χ0) is 47.9. The highest BCUT2D eigenvalue weighted by molar-refractivity contribution is 14.1. The Labute approximate surface area is 441 Å². The number of carbonyl (C=O) groups is 6. The number of aliphatic hydroxyl groups is 10. The van der Waals surface area contributed by atoms with Gasteiger partial charge in [-0.3, -0.25) is 28.8 Å². The van der Waals surface area contributed by atoms with E-state index < -0.39 is 126 Å². The minimum Gasteiger partial charge on any atom is -0.394 e. The molecule has 0 fully saturated rings. The van der Waals surface area contributed by atoms with E-state index in [1.54, 1.807) is 136 Å². The highest BCUT2D eigenvalue weighted by Gasteiger charge is 2.35. The molecule has 2 rings (SSSR count). The standard InChI is InChI=1S/C35H44I6N6O16/c36-24-20(32(60)42-4-14(54)8-48)26(38)30(27(39)21(24)33(61)43-5-15(55)9-49)46(18(58)12-52)2-1-3-47(19(59)13-53)31-28(40)22(34(62)44-6-16(56)10-50)25(37)23(29(31)41)35(63)45-7-17(57)11-51/h14-17,48-57H,1-13H2,(H,42,60)(H,43,61)(H,44,62)(H,45,63). The molecule has 0 spiro atoms. The number of nitrogens with one attached hydrogen (secondary N) is 4. The summed E-state index contributed by atoms with van der Waals surface area (Å²) in [4.78, 5) is 84.0. The molecule has 14 N–H and O–H groups in total. The molecule has 0 aliphatic rings.